The lowest BCUT2D eigenvalue weighted by molar-refractivity contribution is -0.113. The third-order valence-electron chi connectivity index (χ3n) is 4.28. The molecule has 0 aliphatic heterocycles. The van der Waals surface area contributed by atoms with Gasteiger partial charge in [0.05, 0.1) is 11.3 Å². The maximum Gasteiger partial charge on any atom is 0.278 e. The molecule has 0 aliphatic rings. The van der Waals surface area contributed by atoms with Gasteiger partial charge in [-0.25, -0.2) is 4.98 Å². The van der Waals surface area contributed by atoms with Crippen molar-refractivity contribution in [1.82, 2.24) is 14.5 Å². The molecule has 0 aliphatic carbocycles. The molecule has 2 N–H and O–H groups in total. The van der Waals surface area contributed by atoms with Crippen LogP contribution in [0.4, 0.5) is 5.69 Å². The van der Waals surface area contributed by atoms with Gasteiger partial charge in [0, 0.05) is 21.9 Å². The Morgan fingerprint density at radius 3 is 2.74 bits per heavy atom. The maximum absolute atomic E-state index is 12.9. The monoisotopic (exact) mass is 448 g/mol. The number of benzene rings is 1. The number of H-pyrrole nitrogens is 1. The summed E-state index contributed by atoms with van der Waals surface area (Å²) in [4.78, 5) is 32.9. The average Bonchev–Trinajstić information content (AvgIpc) is 3.02. The molecule has 1 amide bonds. The Balaban J connectivity index is 1.83. The normalized spacial score (nSPS) is 12.3. The van der Waals surface area contributed by atoms with Gasteiger partial charge in [-0.1, -0.05) is 34.6 Å². The quantitative estimate of drug-likeness (QED) is 0.429. The van der Waals surface area contributed by atoms with Gasteiger partial charge in [0.2, 0.25) is 5.91 Å². The van der Waals surface area contributed by atoms with Gasteiger partial charge in [-0.15, -0.1) is 0 Å². The second-order valence-electron chi connectivity index (χ2n) is 6.38. The first kappa shape index (κ1) is 19.7. The summed E-state index contributed by atoms with van der Waals surface area (Å²) < 4.78 is 2.63. The molecule has 3 rings (SSSR count). The number of carbonyl (C=O) groups excluding carboxylic acids is 1. The van der Waals surface area contributed by atoms with Crippen molar-refractivity contribution in [3.05, 3.63) is 50.9 Å². The van der Waals surface area contributed by atoms with Crippen LogP contribution in [0.2, 0.25) is 0 Å². The number of hydrogen-bond acceptors (Lipinski definition) is 4. The molecule has 27 heavy (non-hydrogen) atoms. The number of thioether (sulfide) groups is 1. The van der Waals surface area contributed by atoms with Crippen LogP contribution in [0.1, 0.15) is 32.0 Å². The smallest absolute Gasteiger partial charge is 0.278 e. The van der Waals surface area contributed by atoms with Crippen molar-refractivity contribution in [2.24, 2.45) is 0 Å². The van der Waals surface area contributed by atoms with E-state index in [1.54, 1.807) is 4.57 Å². The number of hydrogen-bond donors (Lipinski definition) is 2. The van der Waals surface area contributed by atoms with Crippen LogP contribution in [0, 0.1) is 6.92 Å². The zero-order valence-electron chi connectivity index (χ0n) is 15.4. The highest BCUT2D eigenvalue weighted by atomic mass is 79.9. The van der Waals surface area contributed by atoms with Crippen molar-refractivity contribution in [3.63, 3.8) is 0 Å². The zero-order chi connectivity index (χ0) is 19.6. The Bertz CT molecular complexity index is 1030. The van der Waals surface area contributed by atoms with E-state index in [4.69, 9.17) is 0 Å². The number of carbonyl (C=O) groups is 1. The molecular formula is C19H21BrN4O2S. The molecule has 0 saturated carbocycles. The van der Waals surface area contributed by atoms with E-state index < -0.39 is 0 Å². The Labute approximate surface area is 169 Å². The Morgan fingerprint density at radius 2 is 2.07 bits per heavy atom. The van der Waals surface area contributed by atoms with Gasteiger partial charge in [0.15, 0.2) is 5.16 Å². The number of halogens is 1. The first-order valence-electron chi connectivity index (χ1n) is 8.69. The minimum absolute atomic E-state index is 0.00459. The van der Waals surface area contributed by atoms with Crippen LogP contribution in [-0.2, 0) is 4.79 Å². The van der Waals surface area contributed by atoms with Gasteiger partial charge >= 0.3 is 0 Å². The summed E-state index contributed by atoms with van der Waals surface area (Å²) in [6.07, 6.45) is 0.797. The number of rotatable bonds is 6. The first-order chi connectivity index (χ1) is 12.9. The van der Waals surface area contributed by atoms with Crippen LogP contribution < -0.4 is 10.9 Å². The van der Waals surface area contributed by atoms with Crippen molar-refractivity contribution in [2.45, 2.75) is 38.4 Å². The summed E-state index contributed by atoms with van der Waals surface area (Å²) >= 11 is 4.65. The van der Waals surface area contributed by atoms with Gasteiger partial charge in [-0.2, -0.15) is 0 Å². The van der Waals surface area contributed by atoms with Crippen molar-refractivity contribution in [3.8, 4) is 0 Å². The lowest BCUT2D eigenvalue weighted by Gasteiger charge is -2.17. The van der Waals surface area contributed by atoms with Gasteiger partial charge < -0.3 is 10.3 Å². The largest absolute Gasteiger partial charge is 0.353 e. The molecular weight excluding hydrogens is 428 g/mol. The van der Waals surface area contributed by atoms with Crippen LogP contribution in [-0.4, -0.2) is 26.2 Å². The fraction of sp³-hybridized carbons (Fsp3) is 0.316. The summed E-state index contributed by atoms with van der Waals surface area (Å²) in [5.41, 5.74) is 2.66. The fourth-order valence-electron chi connectivity index (χ4n) is 2.72. The van der Waals surface area contributed by atoms with E-state index in [1.165, 1.54) is 11.8 Å². The molecule has 2 heterocycles. The number of nitrogens with zero attached hydrogens (tertiary/aromatic N) is 2. The van der Waals surface area contributed by atoms with Crippen LogP contribution in [0.3, 0.4) is 0 Å². The van der Waals surface area contributed by atoms with E-state index in [1.807, 2.05) is 51.1 Å². The molecule has 2 aromatic heterocycles. The van der Waals surface area contributed by atoms with Crippen molar-refractivity contribution < 1.29 is 4.79 Å². The molecule has 0 saturated heterocycles. The van der Waals surface area contributed by atoms with E-state index in [9.17, 15) is 9.59 Å². The number of anilines is 1. The summed E-state index contributed by atoms with van der Waals surface area (Å²) in [6, 6.07) is 9.24. The molecule has 1 unspecified atom stereocenters. The zero-order valence-corrected chi connectivity index (χ0v) is 17.8. The number of nitrogens with one attached hydrogen (secondary N) is 2. The SMILES string of the molecule is CCC(C)n1c(SCC(=O)Nc2ccc(Br)cc2)nc2cc(C)[nH]c2c1=O. The fourth-order valence-corrected chi connectivity index (χ4v) is 3.88. The minimum Gasteiger partial charge on any atom is -0.353 e. The highest BCUT2D eigenvalue weighted by Gasteiger charge is 2.18. The Hall–Kier alpha value is -2.06. The third-order valence-corrected chi connectivity index (χ3v) is 5.76. The number of aryl methyl sites for hydroxylation is 1. The topological polar surface area (TPSA) is 79.8 Å². The average molecular weight is 449 g/mol. The number of amides is 1. The van der Waals surface area contributed by atoms with E-state index in [0.717, 1.165) is 22.3 Å². The van der Waals surface area contributed by atoms with Crippen molar-refractivity contribution in [1.29, 1.82) is 0 Å². The molecule has 6 nitrogen and oxygen atoms in total. The van der Waals surface area contributed by atoms with Crippen LogP contribution >= 0.6 is 27.7 Å². The molecule has 1 atom stereocenters. The first-order valence-corrected chi connectivity index (χ1v) is 10.5. The lowest BCUT2D eigenvalue weighted by atomic mass is 10.2. The predicted molar refractivity (Wildman–Crippen MR) is 114 cm³/mol. The highest BCUT2D eigenvalue weighted by molar-refractivity contribution is 9.10. The summed E-state index contributed by atoms with van der Waals surface area (Å²) in [5.74, 6) is 0.0334. The van der Waals surface area contributed by atoms with Gasteiger partial charge in [0.1, 0.15) is 5.52 Å². The minimum atomic E-state index is -0.141. The van der Waals surface area contributed by atoms with Gasteiger partial charge in [-0.3, -0.25) is 14.2 Å². The Kier molecular flexibility index (Phi) is 6.06. The van der Waals surface area contributed by atoms with E-state index in [2.05, 4.69) is 31.2 Å². The van der Waals surface area contributed by atoms with E-state index >= 15 is 0 Å². The summed E-state index contributed by atoms with van der Waals surface area (Å²) in [7, 11) is 0. The maximum atomic E-state index is 12.9. The Morgan fingerprint density at radius 1 is 1.37 bits per heavy atom. The van der Waals surface area contributed by atoms with E-state index in [-0.39, 0.29) is 23.3 Å². The molecule has 142 valence electrons. The third kappa shape index (κ3) is 4.44. The van der Waals surface area contributed by atoms with Crippen LogP contribution in [0.15, 0.2) is 44.8 Å². The van der Waals surface area contributed by atoms with Gasteiger partial charge in [0.25, 0.3) is 5.56 Å². The van der Waals surface area contributed by atoms with Crippen LogP contribution in [0.5, 0.6) is 0 Å². The van der Waals surface area contributed by atoms with Gasteiger partial charge in [-0.05, 0) is 50.6 Å². The molecule has 1 aromatic carbocycles. The molecule has 8 heteroatoms. The molecule has 0 spiro atoms. The van der Waals surface area contributed by atoms with Crippen LogP contribution in [0.25, 0.3) is 11.0 Å². The van der Waals surface area contributed by atoms with Crippen molar-refractivity contribution in [2.75, 3.05) is 11.1 Å². The molecule has 0 radical (unpaired) electrons. The number of aromatic amines is 1. The summed E-state index contributed by atoms with van der Waals surface area (Å²) in [5, 5.41) is 3.42. The predicted octanol–water partition coefficient (Wildman–Crippen LogP) is 4.50. The highest BCUT2D eigenvalue weighted by Crippen LogP contribution is 2.23. The number of aromatic nitrogens is 3. The summed E-state index contributed by atoms with van der Waals surface area (Å²) in [6.45, 7) is 5.90. The second kappa shape index (κ2) is 8.31. The molecule has 3 aromatic rings. The molecule has 0 fully saturated rings. The van der Waals surface area contributed by atoms with E-state index in [0.29, 0.717) is 16.2 Å². The second-order valence-corrected chi connectivity index (χ2v) is 8.24. The van der Waals surface area contributed by atoms with Crippen molar-refractivity contribution >= 4 is 50.3 Å². The lowest BCUT2D eigenvalue weighted by Crippen LogP contribution is -2.26. The standard InChI is InChI=1S/C19H21BrN4O2S/c1-4-12(3)24-18(26)17-15(9-11(2)21-17)23-19(24)27-10-16(25)22-14-7-5-13(20)6-8-14/h5-9,12,21H,4,10H2,1-3H3,(H,22,25). The molecule has 0 bridgehead atoms. The number of fused-ring (bicyclic) bond motifs is 1.